The number of rotatable bonds is 10. The highest BCUT2D eigenvalue weighted by Crippen LogP contribution is 2.20. The van der Waals surface area contributed by atoms with Crippen LogP contribution < -0.4 is 5.32 Å². The van der Waals surface area contributed by atoms with Gasteiger partial charge in [0.2, 0.25) is 11.9 Å². The van der Waals surface area contributed by atoms with Gasteiger partial charge >= 0.3 is 0 Å². The lowest BCUT2D eigenvalue weighted by Gasteiger charge is -2.10. The molecule has 1 aromatic heterocycles. The number of aromatic nitrogens is 2. The van der Waals surface area contributed by atoms with Crippen LogP contribution in [-0.2, 0) is 16.1 Å². The minimum Gasteiger partial charge on any atom is -0.382 e. The standard InChI is InChI=1S/C24H29N3O3/c1-4-30-15-7-14-27-21-9-6-5-8-20(21)25-24(27)26-23(29)13-12-22(28)19-11-10-17(2)18(3)16-19/h5-6,8-11,16H,4,7,12-15H2,1-3H3,(H,25,26,29). The van der Waals surface area contributed by atoms with Crippen LogP contribution in [0.25, 0.3) is 11.0 Å². The van der Waals surface area contributed by atoms with Crippen LogP contribution in [0.1, 0.15) is 47.7 Å². The molecule has 0 saturated carbocycles. The van der Waals surface area contributed by atoms with Gasteiger partial charge in [0.25, 0.3) is 0 Å². The molecule has 0 saturated heterocycles. The second-order valence-electron chi connectivity index (χ2n) is 7.40. The summed E-state index contributed by atoms with van der Waals surface area (Å²) in [4.78, 5) is 29.6. The minimum atomic E-state index is -0.214. The van der Waals surface area contributed by atoms with Crippen LogP contribution in [0, 0.1) is 13.8 Å². The number of imidazole rings is 1. The molecule has 0 aliphatic rings. The van der Waals surface area contributed by atoms with E-state index in [1.807, 2.05) is 67.8 Å². The van der Waals surface area contributed by atoms with E-state index < -0.39 is 0 Å². The fraction of sp³-hybridized carbons (Fsp3) is 0.375. The molecular formula is C24H29N3O3. The predicted octanol–water partition coefficient (Wildman–Crippen LogP) is 4.68. The number of carbonyl (C=O) groups excluding carboxylic acids is 2. The van der Waals surface area contributed by atoms with E-state index in [2.05, 4.69) is 10.3 Å². The molecule has 0 bridgehead atoms. The highest BCUT2D eigenvalue weighted by atomic mass is 16.5. The largest absolute Gasteiger partial charge is 0.382 e. The van der Waals surface area contributed by atoms with Crippen LogP contribution in [0.4, 0.5) is 5.95 Å². The van der Waals surface area contributed by atoms with Gasteiger partial charge in [0, 0.05) is 38.2 Å². The summed E-state index contributed by atoms with van der Waals surface area (Å²) in [5.41, 5.74) is 4.67. The molecule has 0 aliphatic heterocycles. The van der Waals surface area contributed by atoms with Crippen molar-refractivity contribution < 1.29 is 14.3 Å². The van der Waals surface area contributed by atoms with E-state index in [4.69, 9.17) is 4.74 Å². The van der Waals surface area contributed by atoms with Crippen LogP contribution in [0.3, 0.4) is 0 Å². The Balaban J connectivity index is 1.65. The molecule has 3 aromatic rings. The first kappa shape index (κ1) is 21.7. The molecule has 1 amide bonds. The topological polar surface area (TPSA) is 73.2 Å². The lowest BCUT2D eigenvalue weighted by Crippen LogP contribution is -2.17. The van der Waals surface area contributed by atoms with Gasteiger partial charge in [-0.25, -0.2) is 4.98 Å². The third-order valence-corrected chi connectivity index (χ3v) is 5.19. The van der Waals surface area contributed by atoms with Gasteiger partial charge in [0.1, 0.15) is 0 Å². The Morgan fingerprint density at radius 3 is 2.63 bits per heavy atom. The summed E-state index contributed by atoms with van der Waals surface area (Å²) < 4.78 is 7.43. The van der Waals surface area contributed by atoms with Crippen molar-refractivity contribution in [3.05, 3.63) is 59.2 Å². The van der Waals surface area contributed by atoms with Crippen molar-refractivity contribution >= 4 is 28.7 Å². The van der Waals surface area contributed by atoms with Crippen LogP contribution in [-0.4, -0.2) is 34.5 Å². The molecule has 30 heavy (non-hydrogen) atoms. The summed E-state index contributed by atoms with van der Waals surface area (Å²) in [5, 5.41) is 2.89. The Bertz CT molecular complexity index is 1040. The third-order valence-electron chi connectivity index (χ3n) is 5.19. The van der Waals surface area contributed by atoms with Gasteiger partial charge in [-0.2, -0.15) is 0 Å². The molecule has 0 atom stereocenters. The smallest absolute Gasteiger partial charge is 0.227 e. The average Bonchev–Trinajstić information content (AvgIpc) is 3.08. The first-order valence-electron chi connectivity index (χ1n) is 10.4. The van der Waals surface area contributed by atoms with Crippen LogP contribution >= 0.6 is 0 Å². The number of carbonyl (C=O) groups is 2. The number of anilines is 1. The molecule has 0 radical (unpaired) electrons. The summed E-state index contributed by atoms with van der Waals surface area (Å²) in [7, 11) is 0. The molecule has 0 spiro atoms. The van der Waals surface area contributed by atoms with Crippen molar-refractivity contribution in [3.63, 3.8) is 0 Å². The Hall–Kier alpha value is -2.99. The number of fused-ring (bicyclic) bond motifs is 1. The number of nitrogens with zero attached hydrogens (tertiary/aromatic N) is 2. The maximum absolute atomic E-state index is 12.5. The van der Waals surface area contributed by atoms with E-state index in [-0.39, 0.29) is 24.5 Å². The second kappa shape index (κ2) is 10.2. The van der Waals surface area contributed by atoms with Crippen LogP contribution in [0.5, 0.6) is 0 Å². The van der Waals surface area contributed by atoms with E-state index in [1.54, 1.807) is 0 Å². The van der Waals surface area contributed by atoms with Gasteiger partial charge in [-0.05, 0) is 56.5 Å². The van der Waals surface area contributed by atoms with E-state index in [0.29, 0.717) is 31.3 Å². The fourth-order valence-corrected chi connectivity index (χ4v) is 3.34. The number of nitrogens with one attached hydrogen (secondary N) is 1. The van der Waals surface area contributed by atoms with E-state index in [1.165, 1.54) is 0 Å². The molecule has 1 N–H and O–H groups in total. The van der Waals surface area contributed by atoms with Crippen molar-refractivity contribution in [2.75, 3.05) is 18.5 Å². The summed E-state index contributed by atoms with van der Waals surface area (Å²) in [6, 6.07) is 13.4. The van der Waals surface area contributed by atoms with Gasteiger partial charge < -0.3 is 9.30 Å². The fourth-order valence-electron chi connectivity index (χ4n) is 3.34. The molecule has 3 rings (SSSR count). The zero-order chi connectivity index (χ0) is 21.5. The maximum atomic E-state index is 12.5. The number of ketones is 1. The molecule has 0 unspecified atom stereocenters. The lowest BCUT2D eigenvalue weighted by molar-refractivity contribution is -0.116. The number of Topliss-reactive ketones (excluding diaryl/α,β-unsaturated/α-hetero) is 1. The number of aryl methyl sites for hydroxylation is 3. The summed E-state index contributed by atoms with van der Waals surface area (Å²) in [6.45, 7) is 7.99. The Kier molecular flexibility index (Phi) is 7.36. The minimum absolute atomic E-state index is 0.0292. The number of benzene rings is 2. The average molecular weight is 408 g/mol. The molecule has 0 fully saturated rings. The molecule has 0 aliphatic carbocycles. The molecule has 6 heteroatoms. The quantitative estimate of drug-likeness (QED) is 0.391. The number of amides is 1. The number of ether oxygens (including phenoxy) is 1. The van der Waals surface area contributed by atoms with Gasteiger partial charge in [-0.1, -0.05) is 24.3 Å². The Morgan fingerprint density at radius 1 is 1.07 bits per heavy atom. The molecule has 1 heterocycles. The van der Waals surface area contributed by atoms with Gasteiger partial charge in [-0.15, -0.1) is 0 Å². The number of para-hydroxylation sites is 2. The Labute approximate surface area is 177 Å². The van der Waals surface area contributed by atoms with Gasteiger partial charge in [-0.3, -0.25) is 14.9 Å². The maximum Gasteiger partial charge on any atom is 0.227 e. The van der Waals surface area contributed by atoms with Crippen molar-refractivity contribution in [2.24, 2.45) is 0 Å². The number of hydrogen-bond donors (Lipinski definition) is 1. The first-order valence-corrected chi connectivity index (χ1v) is 10.4. The summed E-state index contributed by atoms with van der Waals surface area (Å²) >= 11 is 0. The normalized spacial score (nSPS) is 11.0. The lowest BCUT2D eigenvalue weighted by atomic mass is 10.0. The van der Waals surface area contributed by atoms with Crippen molar-refractivity contribution in [3.8, 4) is 0 Å². The molecular weight excluding hydrogens is 378 g/mol. The van der Waals surface area contributed by atoms with Gasteiger partial charge in [0.05, 0.1) is 11.0 Å². The monoisotopic (exact) mass is 407 g/mol. The van der Waals surface area contributed by atoms with E-state index in [9.17, 15) is 9.59 Å². The predicted molar refractivity (Wildman–Crippen MR) is 119 cm³/mol. The SMILES string of the molecule is CCOCCCn1c(NC(=O)CCC(=O)c2ccc(C)c(C)c2)nc2ccccc21. The summed E-state index contributed by atoms with van der Waals surface area (Å²) in [5.74, 6) is 0.267. The molecule has 6 nitrogen and oxygen atoms in total. The molecule has 2 aromatic carbocycles. The zero-order valence-corrected chi connectivity index (χ0v) is 17.9. The molecule has 158 valence electrons. The van der Waals surface area contributed by atoms with Crippen molar-refractivity contribution in [1.82, 2.24) is 9.55 Å². The third kappa shape index (κ3) is 5.33. The highest BCUT2D eigenvalue weighted by molar-refractivity contribution is 6.00. The van der Waals surface area contributed by atoms with Crippen LogP contribution in [0.15, 0.2) is 42.5 Å². The number of hydrogen-bond acceptors (Lipinski definition) is 4. The highest BCUT2D eigenvalue weighted by Gasteiger charge is 2.15. The van der Waals surface area contributed by atoms with E-state index >= 15 is 0 Å². The van der Waals surface area contributed by atoms with Crippen molar-refractivity contribution in [1.29, 1.82) is 0 Å². The summed E-state index contributed by atoms with van der Waals surface area (Å²) in [6.07, 6.45) is 1.11. The van der Waals surface area contributed by atoms with Crippen LogP contribution in [0.2, 0.25) is 0 Å². The van der Waals surface area contributed by atoms with E-state index in [0.717, 1.165) is 28.6 Å². The second-order valence-corrected chi connectivity index (χ2v) is 7.40. The first-order chi connectivity index (χ1) is 14.5. The van der Waals surface area contributed by atoms with Gasteiger partial charge in [0.15, 0.2) is 5.78 Å². The van der Waals surface area contributed by atoms with Crippen molar-refractivity contribution in [2.45, 2.75) is 46.6 Å². The Morgan fingerprint density at radius 2 is 1.87 bits per heavy atom. The zero-order valence-electron chi connectivity index (χ0n) is 17.9.